The second-order valence-electron chi connectivity index (χ2n) is 3.34. The standard InChI is InChI=1S/C10H12BrN.ClH/c11-8-5-4-7-2-1-3-10(12)9(7)6-8;/h4-6,10H,1-3,12H2;1H/t10-;/m0./s1. The fraction of sp³-hybridized carbons (Fsp3) is 0.400. The van der Waals surface area contributed by atoms with Crippen LogP contribution in [-0.2, 0) is 6.42 Å². The van der Waals surface area contributed by atoms with E-state index >= 15 is 0 Å². The summed E-state index contributed by atoms with van der Waals surface area (Å²) in [7, 11) is 0. The maximum absolute atomic E-state index is 5.99. The number of halogens is 2. The Morgan fingerprint density at radius 3 is 2.92 bits per heavy atom. The van der Waals surface area contributed by atoms with Crippen LogP contribution in [0.15, 0.2) is 22.7 Å². The minimum atomic E-state index is 0. The summed E-state index contributed by atoms with van der Waals surface area (Å²) in [5.41, 5.74) is 8.75. The number of benzene rings is 1. The number of hydrogen-bond acceptors (Lipinski definition) is 1. The maximum atomic E-state index is 5.99. The summed E-state index contributed by atoms with van der Waals surface area (Å²) in [5.74, 6) is 0. The van der Waals surface area contributed by atoms with E-state index in [-0.39, 0.29) is 18.4 Å². The van der Waals surface area contributed by atoms with Crippen molar-refractivity contribution in [3.8, 4) is 0 Å². The molecule has 0 unspecified atom stereocenters. The van der Waals surface area contributed by atoms with E-state index in [1.54, 1.807) is 0 Å². The van der Waals surface area contributed by atoms with Crippen molar-refractivity contribution in [2.24, 2.45) is 5.73 Å². The number of rotatable bonds is 0. The van der Waals surface area contributed by atoms with Gasteiger partial charge in [0.2, 0.25) is 0 Å². The zero-order chi connectivity index (χ0) is 8.55. The van der Waals surface area contributed by atoms with Crippen molar-refractivity contribution in [2.45, 2.75) is 25.3 Å². The van der Waals surface area contributed by atoms with E-state index in [2.05, 4.69) is 34.1 Å². The summed E-state index contributed by atoms with van der Waals surface area (Å²) in [5, 5.41) is 0. The highest BCUT2D eigenvalue weighted by Gasteiger charge is 2.15. The monoisotopic (exact) mass is 261 g/mol. The molecule has 3 heteroatoms. The van der Waals surface area contributed by atoms with Crippen molar-refractivity contribution in [3.63, 3.8) is 0 Å². The zero-order valence-electron chi connectivity index (χ0n) is 7.29. The molecule has 72 valence electrons. The van der Waals surface area contributed by atoms with Gasteiger partial charge in [-0.2, -0.15) is 0 Å². The number of fused-ring (bicyclic) bond motifs is 1. The molecule has 0 saturated heterocycles. The normalized spacial score (nSPS) is 20.3. The van der Waals surface area contributed by atoms with E-state index < -0.39 is 0 Å². The van der Waals surface area contributed by atoms with Crippen LogP contribution in [0, 0.1) is 0 Å². The number of nitrogens with two attached hydrogens (primary N) is 1. The Labute approximate surface area is 93.2 Å². The highest BCUT2D eigenvalue weighted by Crippen LogP contribution is 2.29. The molecule has 1 aromatic rings. The van der Waals surface area contributed by atoms with Gasteiger partial charge >= 0.3 is 0 Å². The zero-order valence-corrected chi connectivity index (χ0v) is 9.70. The summed E-state index contributed by atoms with van der Waals surface area (Å²) >= 11 is 3.46. The highest BCUT2D eigenvalue weighted by atomic mass is 79.9. The van der Waals surface area contributed by atoms with Gasteiger partial charge in [-0.25, -0.2) is 0 Å². The molecule has 1 nitrogen and oxygen atoms in total. The second-order valence-corrected chi connectivity index (χ2v) is 4.26. The van der Waals surface area contributed by atoms with Crippen LogP contribution in [0.3, 0.4) is 0 Å². The Bertz CT molecular complexity index is 301. The van der Waals surface area contributed by atoms with Crippen LogP contribution >= 0.6 is 28.3 Å². The Kier molecular flexibility index (Phi) is 3.77. The molecule has 0 radical (unpaired) electrons. The molecule has 1 aromatic carbocycles. The van der Waals surface area contributed by atoms with Crippen LogP contribution in [0.2, 0.25) is 0 Å². The molecule has 0 amide bonds. The van der Waals surface area contributed by atoms with Gasteiger partial charge in [0.25, 0.3) is 0 Å². The van der Waals surface area contributed by atoms with E-state index in [1.807, 2.05) is 0 Å². The van der Waals surface area contributed by atoms with Gasteiger partial charge in [0.1, 0.15) is 0 Å². The molecule has 0 heterocycles. The summed E-state index contributed by atoms with van der Waals surface area (Å²) in [6.07, 6.45) is 3.55. The Morgan fingerprint density at radius 1 is 1.38 bits per heavy atom. The van der Waals surface area contributed by atoms with E-state index in [0.717, 1.165) is 10.9 Å². The molecule has 1 aliphatic rings. The van der Waals surface area contributed by atoms with Gasteiger partial charge < -0.3 is 5.73 Å². The highest BCUT2D eigenvalue weighted by molar-refractivity contribution is 9.10. The first kappa shape index (κ1) is 11.0. The molecular formula is C10H13BrClN. The minimum absolute atomic E-state index is 0. The molecule has 2 N–H and O–H groups in total. The number of hydrogen-bond donors (Lipinski definition) is 1. The van der Waals surface area contributed by atoms with Crippen LogP contribution in [0.4, 0.5) is 0 Å². The molecule has 0 aliphatic heterocycles. The van der Waals surface area contributed by atoms with Gasteiger partial charge in [0.05, 0.1) is 0 Å². The quantitative estimate of drug-likeness (QED) is 0.763. The van der Waals surface area contributed by atoms with E-state index in [4.69, 9.17) is 5.73 Å². The SMILES string of the molecule is Cl.N[C@H]1CCCc2ccc(Br)cc21. The summed E-state index contributed by atoms with van der Waals surface area (Å²) in [6.45, 7) is 0. The molecule has 0 spiro atoms. The average molecular weight is 263 g/mol. The predicted octanol–water partition coefficient (Wildman–Crippen LogP) is 3.21. The topological polar surface area (TPSA) is 26.0 Å². The van der Waals surface area contributed by atoms with Crippen molar-refractivity contribution in [2.75, 3.05) is 0 Å². The lowest BCUT2D eigenvalue weighted by Gasteiger charge is -2.22. The summed E-state index contributed by atoms with van der Waals surface area (Å²) in [4.78, 5) is 0. The number of aryl methyl sites for hydroxylation is 1. The van der Waals surface area contributed by atoms with Crippen molar-refractivity contribution in [3.05, 3.63) is 33.8 Å². The molecule has 0 aromatic heterocycles. The fourth-order valence-electron chi connectivity index (χ4n) is 1.81. The maximum Gasteiger partial charge on any atom is 0.0298 e. The third-order valence-electron chi connectivity index (χ3n) is 2.47. The Hall–Kier alpha value is -0.0500. The first-order chi connectivity index (χ1) is 5.77. The van der Waals surface area contributed by atoms with Crippen LogP contribution in [0.25, 0.3) is 0 Å². The van der Waals surface area contributed by atoms with Crippen LogP contribution in [0.1, 0.15) is 30.0 Å². The molecule has 1 atom stereocenters. The minimum Gasteiger partial charge on any atom is -0.324 e. The summed E-state index contributed by atoms with van der Waals surface area (Å²) < 4.78 is 1.14. The van der Waals surface area contributed by atoms with Gasteiger partial charge in [0.15, 0.2) is 0 Å². The van der Waals surface area contributed by atoms with Gasteiger partial charge in [-0.05, 0) is 42.5 Å². The van der Waals surface area contributed by atoms with E-state index in [0.29, 0.717) is 0 Å². The predicted molar refractivity (Wildman–Crippen MR) is 61.3 cm³/mol. The third-order valence-corrected chi connectivity index (χ3v) is 2.96. The summed E-state index contributed by atoms with van der Waals surface area (Å²) in [6, 6.07) is 6.68. The van der Waals surface area contributed by atoms with E-state index in [1.165, 1.54) is 24.0 Å². The van der Waals surface area contributed by atoms with Crippen LogP contribution < -0.4 is 5.73 Å². The van der Waals surface area contributed by atoms with Gasteiger partial charge in [-0.1, -0.05) is 22.0 Å². The molecule has 0 fully saturated rings. The molecular weight excluding hydrogens is 249 g/mol. The fourth-order valence-corrected chi connectivity index (χ4v) is 2.19. The van der Waals surface area contributed by atoms with Gasteiger partial charge in [-0.15, -0.1) is 12.4 Å². The van der Waals surface area contributed by atoms with Crippen molar-refractivity contribution >= 4 is 28.3 Å². The van der Waals surface area contributed by atoms with Gasteiger partial charge in [0, 0.05) is 10.5 Å². The van der Waals surface area contributed by atoms with Gasteiger partial charge in [-0.3, -0.25) is 0 Å². The van der Waals surface area contributed by atoms with Crippen molar-refractivity contribution in [1.29, 1.82) is 0 Å². The van der Waals surface area contributed by atoms with Crippen LogP contribution in [0.5, 0.6) is 0 Å². The Balaban J connectivity index is 0.000000845. The first-order valence-electron chi connectivity index (χ1n) is 4.31. The third kappa shape index (κ3) is 2.25. The molecule has 2 rings (SSSR count). The second kappa shape index (κ2) is 4.45. The van der Waals surface area contributed by atoms with Crippen molar-refractivity contribution < 1.29 is 0 Å². The lowest BCUT2D eigenvalue weighted by Crippen LogP contribution is -2.17. The largest absolute Gasteiger partial charge is 0.324 e. The molecule has 1 aliphatic carbocycles. The first-order valence-corrected chi connectivity index (χ1v) is 5.10. The average Bonchev–Trinajstić information content (AvgIpc) is 2.07. The van der Waals surface area contributed by atoms with E-state index in [9.17, 15) is 0 Å². The Morgan fingerprint density at radius 2 is 2.15 bits per heavy atom. The molecule has 0 bridgehead atoms. The smallest absolute Gasteiger partial charge is 0.0298 e. The van der Waals surface area contributed by atoms with Crippen LogP contribution in [-0.4, -0.2) is 0 Å². The lowest BCUT2D eigenvalue weighted by atomic mass is 9.88. The lowest BCUT2D eigenvalue weighted by molar-refractivity contribution is 0.570. The van der Waals surface area contributed by atoms with Crippen molar-refractivity contribution in [1.82, 2.24) is 0 Å². The molecule has 13 heavy (non-hydrogen) atoms. The molecule has 0 saturated carbocycles.